The zero-order valence-corrected chi connectivity index (χ0v) is 13.9. The van der Waals surface area contributed by atoms with Crippen molar-refractivity contribution < 1.29 is 0 Å². The summed E-state index contributed by atoms with van der Waals surface area (Å²) in [7, 11) is 0. The quantitative estimate of drug-likeness (QED) is 0.852. The second-order valence-electron chi connectivity index (χ2n) is 6.67. The minimum absolute atomic E-state index is 0.824. The van der Waals surface area contributed by atoms with E-state index in [1.807, 2.05) is 6.20 Å². The Balaban J connectivity index is 1.89. The van der Waals surface area contributed by atoms with E-state index in [1.165, 1.54) is 43.7 Å². The molecule has 21 heavy (non-hydrogen) atoms. The van der Waals surface area contributed by atoms with Gasteiger partial charge >= 0.3 is 0 Å². The molecule has 1 N–H and O–H groups in total. The van der Waals surface area contributed by atoms with Gasteiger partial charge in [-0.2, -0.15) is 0 Å². The Kier molecular flexibility index (Phi) is 6.50. The largest absolute Gasteiger partial charge is 0.385 e. The van der Waals surface area contributed by atoms with Crippen LogP contribution in [0.5, 0.6) is 0 Å². The van der Waals surface area contributed by atoms with Crippen molar-refractivity contribution in [2.45, 2.75) is 53.0 Å². The summed E-state index contributed by atoms with van der Waals surface area (Å²) in [6, 6.07) is 4.27. The number of hydrogen-bond donors (Lipinski definition) is 1. The van der Waals surface area contributed by atoms with E-state index in [9.17, 15) is 0 Å². The molecule has 3 heteroatoms. The van der Waals surface area contributed by atoms with Gasteiger partial charge in [-0.15, -0.1) is 0 Å². The molecule has 1 aliphatic rings. The van der Waals surface area contributed by atoms with Crippen LogP contribution < -0.4 is 5.32 Å². The molecule has 1 aromatic heterocycles. The number of pyridine rings is 1. The second-order valence-corrected chi connectivity index (χ2v) is 6.67. The molecule has 2 heterocycles. The summed E-state index contributed by atoms with van der Waals surface area (Å²) in [4.78, 5) is 7.12. The van der Waals surface area contributed by atoms with Crippen LogP contribution in [0.15, 0.2) is 18.3 Å². The maximum Gasteiger partial charge on any atom is 0.0564 e. The van der Waals surface area contributed by atoms with Gasteiger partial charge in [0.1, 0.15) is 0 Å². The lowest BCUT2D eigenvalue weighted by atomic mass is 9.89. The van der Waals surface area contributed by atoms with Crippen molar-refractivity contribution in [3.05, 3.63) is 24.0 Å². The third-order valence-electron chi connectivity index (χ3n) is 4.59. The standard InChI is InChI=1S/C18H31N3/c1-4-9-19-17-7-10-20-18(13-17)14-21-11-5-6-16(8-12-21)15(2)3/h7,10,13,15-16H,4-6,8-9,11-12,14H2,1-3H3,(H,19,20). The van der Waals surface area contributed by atoms with Crippen molar-refractivity contribution in [2.24, 2.45) is 11.8 Å². The lowest BCUT2D eigenvalue weighted by Gasteiger charge is -2.21. The van der Waals surface area contributed by atoms with Crippen LogP contribution in [-0.4, -0.2) is 29.5 Å². The summed E-state index contributed by atoms with van der Waals surface area (Å²) in [6.45, 7) is 11.4. The molecule has 1 atom stereocenters. The summed E-state index contributed by atoms with van der Waals surface area (Å²) in [5.74, 6) is 1.73. The average Bonchev–Trinajstić information content (AvgIpc) is 2.71. The van der Waals surface area contributed by atoms with E-state index in [-0.39, 0.29) is 0 Å². The maximum atomic E-state index is 4.54. The fourth-order valence-electron chi connectivity index (χ4n) is 3.18. The lowest BCUT2D eigenvalue weighted by Crippen LogP contribution is -2.25. The van der Waals surface area contributed by atoms with Gasteiger partial charge in [0.05, 0.1) is 5.69 Å². The van der Waals surface area contributed by atoms with Gasteiger partial charge in [-0.3, -0.25) is 9.88 Å². The molecule has 0 spiro atoms. The van der Waals surface area contributed by atoms with E-state index >= 15 is 0 Å². The molecule has 1 fully saturated rings. The van der Waals surface area contributed by atoms with Crippen molar-refractivity contribution in [2.75, 3.05) is 25.0 Å². The first-order valence-corrected chi connectivity index (χ1v) is 8.60. The summed E-state index contributed by atoms with van der Waals surface area (Å²) >= 11 is 0. The molecule has 0 radical (unpaired) electrons. The molecule has 0 amide bonds. The van der Waals surface area contributed by atoms with Gasteiger partial charge in [0.15, 0.2) is 0 Å². The predicted octanol–water partition coefficient (Wildman–Crippen LogP) is 4.16. The highest BCUT2D eigenvalue weighted by Crippen LogP contribution is 2.25. The highest BCUT2D eigenvalue weighted by Gasteiger charge is 2.19. The third-order valence-corrected chi connectivity index (χ3v) is 4.59. The Bertz CT molecular complexity index is 417. The Hall–Kier alpha value is -1.09. The SMILES string of the molecule is CCCNc1ccnc(CN2CCCC(C(C)C)CC2)c1. The number of hydrogen-bond acceptors (Lipinski definition) is 3. The van der Waals surface area contributed by atoms with E-state index in [0.29, 0.717) is 0 Å². The number of aromatic nitrogens is 1. The van der Waals surface area contributed by atoms with Gasteiger partial charge in [-0.1, -0.05) is 20.8 Å². The van der Waals surface area contributed by atoms with E-state index in [0.717, 1.165) is 31.3 Å². The van der Waals surface area contributed by atoms with Gasteiger partial charge in [0.2, 0.25) is 0 Å². The zero-order chi connectivity index (χ0) is 15.1. The van der Waals surface area contributed by atoms with Crippen LogP contribution in [-0.2, 0) is 6.54 Å². The molecule has 1 aromatic rings. The summed E-state index contributed by atoms with van der Waals surface area (Å²) in [6.07, 6.45) is 7.14. The molecule has 3 nitrogen and oxygen atoms in total. The Morgan fingerprint density at radius 3 is 2.95 bits per heavy atom. The first kappa shape index (κ1) is 16.3. The van der Waals surface area contributed by atoms with Crippen LogP contribution in [0, 0.1) is 11.8 Å². The van der Waals surface area contributed by atoms with Gasteiger partial charge in [0.25, 0.3) is 0 Å². The predicted molar refractivity (Wildman–Crippen MR) is 90.5 cm³/mol. The van der Waals surface area contributed by atoms with Gasteiger partial charge in [-0.25, -0.2) is 0 Å². The molecular formula is C18H31N3. The zero-order valence-electron chi connectivity index (χ0n) is 13.9. The molecule has 2 rings (SSSR count). The Morgan fingerprint density at radius 2 is 2.19 bits per heavy atom. The number of rotatable bonds is 6. The average molecular weight is 289 g/mol. The molecule has 0 aromatic carbocycles. The van der Waals surface area contributed by atoms with Gasteiger partial charge < -0.3 is 5.32 Å². The third kappa shape index (κ3) is 5.31. The van der Waals surface area contributed by atoms with Crippen molar-refractivity contribution in [3.8, 4) is 0 Å². The van der Waals surface area contributed by atoms with Crippen molar-refractivity contribution >= 4 is 5.69 Å². The number of anilines is 1. The molecule has 1 aliphatic heterocycles. The minimum Gasteiger partial charge on any atom is -0.385 e. The molecule has 1 saturated heterocycles. The van der Waals surface area contributed by atoms with Crippen molar-refractivity contribution in [1.29, 1.82) is 0 Å². The van der Waals surface area contributed by atoms with Crippen LogP contribution >= 0.6 is 0 Å². The minimum atomic E-state index is 0.824. The second kappa shape index (κ2) is 8.38. The van der Waals surface area contributed by atoms with Crippen LogP contribution in [0.2, 0.25) is 0 Å². The van der Waals surface area contributed by atoms with Crippen molar-refractivity contribution in [3.63, 3.8) is 0 Å². The molecule has 0 aliphatic carbocycles. The summed E-state index contributed by atoms with van der Waals surface area (Å²) in [5, 5.41) is 3.45. The lowest BCUT2D eigenvalue weighted by molar-refractivity contribution is 0.262. The van der Waals surface area contributed by atoms with E-state index < -0.39 is 0 Å². The Morgan fingerprint density at radius 1 is 1.33 bits per heavy atom. The summed E-state index contributed by atoms with van der Waals surface area (Å²) in [5.41, 5.74) is 2.40. The highest BCUT2D eigenvalue weighted by molar-refractivity contribution is 5.43. The van der Waals surface area contributed by atoms with E-state index in [1.54, 1.807) is 0 Å². The van der Waals surface area contributed by atoms with Gasteiger partial charge in [0, 0.05) is 25.0 Å². The summed E-state index contributed by atoms with van der Waals surface area (Å²) < 4.78 is 0. The Labute approximate surface area is 130 Å². The van der Waals surface area contributed by atoms with E-state index in [4.69, 9.17) is 0 Å². The van der Waals surface area contributed by atoms with Crippen LogP contribution in [0.1, 0.15) is 52.1 Å². The molecular weight excluding hydrogens is 258 g/mol. The van der Waals surface area contributed by atoms with Crippen LogP contribution in [0.25, 0.3) is 0 Å². The smallest absolute Gasteiger partial charge is 0.0564 e. The first-order valence-electron chi connectivity index (χ1n) is 8.60. The molecule has 0 bridgehead atoms. The fourth-order valence-corrected chi connectivity index (χ4v) is 3.18. The fraction of sp³-hybridized carbons (Fsp3) is 0.722. The molecule has 0 saturated carbocycles. The van der Waals surface area contributed by atoms with Gasteiger partial charge in [-0.05, 0) is 62.7 Å². The van der Waals surface area contributed by atoms with Crippen LogP contribution in [0.4, 0.5) is 5.69 Å². The topological polar surface area (TPSA) is 28.2 Å². The van der Waals surface area contributed by atoms with E-state index in [2.05, 4.69) is 48.1 Å². The van der Waals surface area contributed by atoms with Crippen molar-refractivity contribution in [1.82, 2.24) is 9.88 Å². The number of nitrogens with zero attached hydrogens (tertiary/aromatic N) is 2. The molecule has 118 valence electrons. The maximum absolute atomic E-state index is 4.54. The highest BCUT2D eigenvalue weighted by atomic mass is 15.1. The number of likely N-dealkylation sites (tertiary alicyclic amines) is 1. The monoisotopic (exact) mass is 289 g/mol. The normalized spacial score (nSPS) is 20.5. The number of nitrogens with one attached hydrogen (secondary N) is 1. The molecule has 1 unspecified atom stereocenters. The van der Waals surface area contributed by atoms with Crippen LogP contribution in [0.3, 0.4) is 0 Å². The first-order chi connectivity index (χ1) is 10.2.